The van der Waals surface area contributed by atoms with Gasteiger partial charge >= 0.3 is 0 Å². The Balaban J connectivity index is 0.921. The summed E-state index contributed by atoms with van der Waals surface area (Å²) >= 11 is 0. The fourth-order valence-corrected chi connectivity index (χ4v) is 17.3. The third kappa shape index (κ3) is 7.67. The molecule has 0 aliphatic heterocycles. The van der Waals surface area contributed by atoms with Crippen molar-refractivity contribution < 1.29 is 0 Å². The number of fused-ring (bicyclic) bond motifs is 16. The third-order valence-corrected chi connectivity index (χ3v) is 22.0. The van der Waals surface area contributed by atoms with E-state index in [1.165, 1.54) is 144 Å². The van der Waals surface area contributed by atoms with E-state index in [0.717, 1.165) is 34.1 Å². The molecule has 2 heteroatoms. The second kappa shape index (κ2) is 19.5. The monoisotopic (exact) mass is 1180 g/mol. The maximum absolute atomic E-state index is 2.54. The van der Waals surface area contributed by atoms with Gasteiger partial charge in [-0.3, -0.25) is 0 Å². The zero-order valence-electron chi connectivity index (χ0n) is 53.5. The van der Waals surface area contributed by atoms with Crippen LogP contribution in [0.1, 0.15) is 99.9 Å². The standard InChI is InChI=1S/C90H70N2/c1-87(2)76-32-20-17-29-65(76)68-42-35-56(49-80(68)87)84-72-46-40-61(92(59-26-13-10-14-27-59)63-41-47-73-83(54-63)90(7,8)79-48-37-55-23-15-16-28-64(55)86(73)79)52-75(72)85(57-36-43-69-66-30-18-21-33-77(66)88(3,4)81(69)50-57)71-45-39-60(51-74(71)84)91(58-24-11-9-12-25-58)62-38-44-70-67-31-19-22-34-78(67)89(5,6)82(70)53-62/h9-54H,1-8H3. The van der Waals surface area contributed by atoms with Crippen LogP contribution in [0.3, 0.4) is 0 Å². The first kappa shape index (κ1) is 54.4. The molecule has 14 aromatic rings. The summed E-state index contributed by atoms with van der Waals surface area (Å²) in [6.07, 6.45) is 0. The van der Waals surface area contributed by atoms with Crippen molar-refractivity contribution in [2.24, 2.45) is 0 Å². The summed E-state index contributed by atoms with van der Waals surface area (Å²) in [5, 5.41) is 7.40. The van der Waals surface area contributed by atoms with Crippen molar-refractivity contribution in [3.05, 3.63) is 324 Å². The quantitative estimate of drug-likeness (QED) is 0.140. The van der Waals surface area contributed by atoms with Gasteiger partial charge in [0.2, 0.25) is 0 Å². The van der Waals surface area contributed by atoms with E-state index in [2.05, 4.69) is 344 Å². The zero-order valence-corrected chi connectivity index (χ0v) is 53.5. The number of benzene rings is 14. The first-order valence-corrected chi connectivity index (χ1v) is 32.8. The minimum absolute atomic E-state index is 0.172. The van der Waals surface area contributed by atoms with Gasteiger partial charge in [0.05, 0.1) is 0 Å². The predicted octanol–water partition coefficient (Wildman–Crippen LogP) is 24.6. The van der Waals surface area contributed by atoms with Crippen molar-refractivity contribution >= 4 is 66.4 Å². The Morgan fingerprint density at radius 3 is 1.02 bits per heavy atom. The Morgan fingerprint density at radius 1 is 0.196 bits per heavy atom. The van der Waals surface area contributed by atoms with Gasteiger partial charge in [0, 0.05) is 55.8 Å². The molecule has 18 rings (SSSR count). The second-order valence-electron chi connectivity index (χ2n) is 28.4. The Bertz CT molecular complexity index is 5470. The van der Waals surface area contributed by atoms with Gasteiger partial charge in [0.1, 0.15) is 0 Å². The average Bonchev–Trinajstić information content (AvgIpc) is 0.852. The SMILES string of the molecule is CC1(C)c2ccccc2-c2ccc(-c3c4ccc(N(c5ccccc5)c5ccc6c(c5)C(C)(C)c5ccc7ccccc7c5-6)cc4c(-c4ccc5c(c4)C(C)(C)c4ccccc4-5)c4ccc(N(c5ccccc5)c5ccc6c(c5)C(C)(C)c5ccccc5-6)cc34)cc21. The topological polar surface area (TPSA) is 6.48 Å². The average molecular weight is 1180 g/mol. The molecule has 0 unspecified atom stereocenters. The lowest BCUT2D eigenvalue weighted by atomic mass is 9.79. The minimum atomic E-state index is -0.220. The summed E-state index contributed by atoms with van der Waals surface area (Å²) in [4.78, 5) is 4.99. The molecule has 4 aliphatic rings. The van der Waals surface area contributed by atoms with Crippen LogP contribution in [0, 0.1) is 0 Å². The van der Waals surface area contributed by atoms with Crippen LogP contribution in [-0.4, -0.2) is 0 Å². The fourth-order valence-electron chi connectivity index (χ4n) is 17.3. The Kier molecular flexibility index (Phi) is 11.5. The van der Waals surface area contributed by atoms with Crippen molar-refractivity contribution in [1.82, 2.24) is 0 Å². The van der Waals surface area contributed by atoms with Gasteiger partial charge in [0.15, 0.2) is 0 Å². The highest BCUT2D eigenvalue weighted by Gasteiger charge is 2.41. The maximum atomic E-state index is 2.54. The fraction of sp³-hybridized carbons (Fsp3) is 0.133. The van der Waals surface area contributed by atoms with Crippen LogP contribution in [0.2, 0.25) is 0 Å². The van der Waals surface area contributed by atoms with Gasteiger partial charge in [0.25, 0.3) is 0 Å². The van der Waals surface area contributed by atoms with Crippen LogP contribution in [0.5, 0.6) is 0 Å². The molecule has 0 spiro atoms. The number of para-hydroxylation sites is 2. The lowest BCUT2D eigenvalue weighted by molar-refractivity contribution is 0.660. The number of hydrogen-bond donors (Lipinski definition) is 0. The molecule has 0 aromatic heterocycles. The number of nitrogens with zero attached hydrogens (tertiary/aromatic N) is 2. The Labute approximate surface area is 540 Å². The van der Waals surface area contributed by atoms with Crippen LogP contribution in [0.25, 0.3) is 99.1 Å². The largest absolute Gasteiger partial charge is 0.310 e. The molecule has 0 bridgehead atoms. The number of hydrogen-bond acceptors (Lipinski definition) is 2. The van der Waals surface area contributed by atoms with E-state index in [4.69, 9.17) is 0 Å². The van der Waals surface area contributed by atoms with Gasteiger partial charge in [-0.2, -0.15) is 0 Å². The van der Waals surface area contributed by atoms with E-state index in [0.29, 0.717) is 0 Å². The molecule has 14 aromatic carbocycles. The van der Waals surface area contributed by atoms with Crippen LogP contribution in [0.4, 0.5) is 34.1 Å². The van der Waals surface area contributed by atoms with E-state index in [-0.39, 0.29) is 21.7 Å². The van der Waals surface area contributed by atoms with Gasteiger partial charge < -0.3 is 9.80 Å². The zero-order chi connectivity index (χ0) is 62.2. The first-order chi connectivity index (χ1) is 44.7. The van der Waals surface area contributed by atoms with Crippen molar-refractivity contribution in [3.63, 3.8) is 0 Å². The number of anilines is 6. The molecule has 4 aliphatic carbocycles. The maximum Gasteiger partial charge on any atom is 0.0468 e. The van der Waals surface area contributed by atoms with Gasteiger partial charge in [-0.15, -0.1) is 0 Å². The molecule has 92 heavy (non-hydrogen) atoms. The molecule has 0 radical (unpaired) electrons. The van der Waals surface area contributed by atoms with Crippen molar-refractivity contribution in [2.75, 3.05) is 9.80 Å². The highest BCUT2D eigenvalue weighted by Crippen LogP contribution is 2.58. The van der Waals surface area contributed by atoms with Crippen molar-refractivity contribution in [2.45, 2.75) is 77.0 Å². The third-order valence-electron chi connectivity index (χ3n) is 22.0. The molecule has 0 atom stereocenters. The molecule has 0 fully saturated rings. The van der Waals surface area contributed by atoms with Crippen LogP contribution >= 0.6 is 0 Å². The molecule has 0 heterocycles. The molecule has 0 amide bonds. The Hall–Kier alpha value is -10.5. The summed E-state index contributed by atoms with van der Waals surface area (Å²) in [5.41, 5.74) is 32.2. The second-order valence-corrected chi connectivity index (χ2v) is 28.4. The molecule has 440 valence electrons. The van der Waals surface area contributed by atoms with E-state index >= 15 is 0 Å². The first-order valence-electron chi connectivity index (χ1n) is 32.8. The van der Waals surface area contributed by atoms with Crippen molar-refractivity contribution in [3.8, 4) is 66.8 Å². The molecule has 2 nitrogen and oxygen atoms in total. The predicted molar refractivity (Wildman–Crippen MR) is 389 cm³/mol. The van der Waals surface area contributed by atoms with Crippen LogP contribution < -0.4 is 9.80 Å². The summed E-state index contributed by atoms with van der Waals surface area (Å²) in [7, 11) is 0. The number of rotatable bonds is 8. The molecular weight excluding hydrogens is 1110 g/mol. The van der Waals surface area contributed by atoms with Gasteiger partial charge in [-0.25, -0.2) is 0 Å². The lowest BCUT2D eigenvalue weighted by Gasteiger charge is -2.30. The summed E-state index contributed by atoms with van der Waals surface area (Å²) in [6, 6.07) is 107. The van der Waals surface area contributed by atoms with Gasteiger partial charge in [-0.05, 0) is 229 Å². The Morgan fingerprint density at radius 2 is 0.543 bits per heavy atom. The van der Waals surface area contributed by atoms with Crippen molar-refractivity contribution in [1.29, 1.82) is 0 Å². The van der Waals surface area contributed by atoms with Crippen LogP contribution in [0.15, 0.2) is 279 Å². The summed E-state index contributed by atoms with van der Waals surface area (Å²) < 4.78 is 0. The molecular formula is C90H70N2. The molecule has 0 saturated carbocycles. The normalized spacial score (nSPS) is 15.1. The highest BCUT2D eigenvalue weighted by molar-refractivity contribution is 6.23. The molecule has 0 saturated heterocycles. The van der Waals surface area contributed by atoms with E-state index < -0.39 is 0 Å². The minimum Gasteiger partial charge on any atom is -0.310 e. The summed E-state index contributed by atoms with van der Waals surface area (Å²) in [5.74, 6) is 0. The lowest BCUT2D eigenvalue weighted by Crippen LogP contribution is -2.16. The smallest absolute Gasteiger partial charge is 0.0468 e. The van der Waals surface area contributed by atoms with Gasteiger partial charge in [-0.1, -0.05) is 250 Å². The summed E-state index contributed by atoms with van der Waals surface area (Å²) in [6.45, 7) is 19.2. The van der Waals surface area contributed by atoms with E-state index in [9.17, 15) is 0 Å². The van der Waals surface area contributed by atoms with E-state index in [1.54, 1.807) is 0 Å². The van der Waals surface area contributed by atoms with E-state index in [1.807, 2.05) is 0 Å². The molecule has 0 N–H and O–H groups in total. The highest BCUT2D eigenvalue weighted by atomic mass is 15.1. The van der Waals surface area contributed by atoms with Crippen LogP contribution in [-0.2, 0) is 21.7 Å².